The van der Waals surface area contributed by atoms with Crippen LogP contribution in [-0.2, 0) is 0 Å². The van der Waals surface area contributed by atoms with Crippen LogP contribution in [0.2, 0.25) is 0 Å². The molecule has 1 fully saturated rings. The number of nitrogens with zero attached hydrogens (tertiary/aromatic N) is 2. The number of hydrogen-bond acceptors (Lipinski definition) is 4. The predicted molar refractivity (Wildman–Crippen MR) is 110 cm³/mol. The molecule has 0 bridgehead atoms. The summed E-state index contributed by atoms with van der Waals surface area (Å²) in [6, 6.07) is 14.1. The number of carbonyl (C=O) groups is 2. The van der Waals surface area contributed by atoms with E-state index >= 15 is 0 Å². The zero-order valence-corrected chi connectivity index (χ0v) is 16.5. The molecule has 1 aliphatic rings. The third-order valence-electron chi connectivity index (χ3n) is 4.92. The van der Waals surface area contributed by atoms with Crippen molar-refractivity contribution in [2.24, 2.45) is 0 Å². The van der Waals surface area contributed by atoms with E-state index in [1.54, 1.807) is 36.4 Å². The number of rotatable bonds is 6. The molecular formula is C22H27N3O3. The van der Waals surface area contributed by atoms with Crippen LogP contribution in [0.15, 0.2) is 48.5 Å². The SMILES string of the molecule is CCOc1ccc(NC(=O)c2ccc(C(=O)N3CCN(CC)CC3)cc2)cc1. The number of ether oxygens (including phenoxy) is 1. The van der Waals surface area contributed by atoms with Crippen molar-refractivity contribution in [3.8, 4) is 5.75 Å². The molecule has 1 heterocycles. The lowest BCUT2D eigenvalue weighted by Crippen LogP contribution is -2.48. The Kier molecular flexibility index (Phi) is 6.66. The van der Waals surface area contributed by atoms with E-state index in [-0.39, 0.29) is 11.8 Å². The fraction of sp³-hybridized carbons (Fsp3) is 0.364. The zero-order valence-electron chi connectivity index (χ0n) is 16.5. The summed E-state index contributed by atoms with van der Waals surface area (Å²) < 4.78 is 5.40. The summed E-state index contributed by atoms with van der Waals surface area (Å²) in [5.74, 6) is 0.581. The molecule has 0 saturated carbocycles. The summed E-state index contributed by atoms with van der Waals surface area (Å²) in [7, 11) is 0. The fourth-order valence-corrected chi connectivity index (χ4v) is 3.22. The predicted octanol–water partition coefficient (Wildman–Crippen LogP) is 3.12. The van der Waals surface area contributed by atoms with Crippen LogP contribution in [0.5, 0.6) is 5.75 Å². The van der Waals surface area contributed by atoms with Crippen LogP contribution in [0.25, 0.3) is 0 Å². The van der Waals surface area contributed by atoms with Crippen molar-refractivity contribution < 1.29 is 14.3 Å². The molecule has 6 nitrogen and oxygen atoms in total. The van der Waals surface area contributed by atoms with Crippen molar-refractivity contribution in [2.75, 3.05) is 44.6 Å². The van der Waals surface area contributed by atoms with E-state index in [4.69, 9.17) is 4.74 Å². The minimum absolute atomic E-state index is 0.0224. The Morgan fingerprint density at radius 1 is 0.893 bits per heavy atom. The Bertz CT molecular complexity index is 795. The van der Waals surface area contributed by atoms with Crippen LogP contribution >= 0.6 is 0 Å². The number of anilines is 1. The average Bonchev–Trinajstić information content (AvgIpc) is 2.75. The molecule has 0 unspecified atom stereocenters. The first-order chi connectivity index (χ1) is 13.6. The Hall–Kier alpha value is -2.86. The molecule has 2 aromatic carbocycles. The molecular weight excluding hydrogens is 354 g/mol. The third-order valence-corrected chi connectivity index (χ3v) is 4.92. The standard InChI is InChI=1S/C22H27N3O3/c1-3-24-13-15-25(16-14-24)22(27)18-7-5-17(6-8-18)21(26)23-19-9-11-20(12-10-19)28-4-2/h5-12H,3-4,13-16H2,1-2H3,(H,23,26). The van der Waals surface area contributed by atoms with E-state index in [2.05, 4.69) is 17.1 Å². The van der Waals surface area contributed by atoms with E-state index in [0.29, 0.717) is 23.4 Å². The molecule has 6 heteroatoms. The molecule has 0 radical (unpaired) electrons. The second-order valence-electron chi connectivity index (χ2n) is 6.72. The first kappa shape index (κ1) is 19.9. The molecule has 1 aliphatic heterocycles. The number of amides is 2. The van der Waals surface area contributed by atoms with E-state index in [1.807, 2.05) is 24.0 Å². The maximum atomic E-state index is 12.6. The van der Waals surface area contributed by atoms with Crippen molar-refractivity contribution in [2.45, 2.75) is 13.8 Å². The summed E-state index contributed by atoms with van der Waals surface area (Å²) in [4.78, 5) is 29.3. The van der Waals surface area contributed by atoms with Gasteiger partial charge in [-0.15, -0.1) is 0 Å². The topological polar surface area (TPSA) is 61.9 Å². The van der Waals surface area contributed by atoms with Gasteiger partial charge in [0.25, 0.3) is 11.8 Å². The largest absolute Gasteiger partial charge is 0.494 e. The van der Waals surface area contributed by atoms with Gasteiger partial charge >= 0.3 is 0 Å². The molecule has 2 amide bonds. The highest BCUT2D eigenvalue weighted by Gasteiger charge is 2.21. The number of piperazine rings is 1. The van der Waals surface area contributed by atoms with Gasteiger partial charge in [0.15, 0.2) is 0 Å². The number of likely N-dealkylation sites (N-methyl/N-ethyl adjacent to an activating group) is 1. The summed E-state index contributed by atoms with van der Waals surface area (Å²) in [5.41, 5.74) is 1.83. The van der Waals surface area contributed by atoms with E-state index < -0.39 is 0 Å². The highest BCUT2D eigenvalue weighted by Crippen LogP contribution is 2.17. The Balaban J connectivity index is 1.58. The van der Waals surface area contributed by atoms with Crippen molar-refractivity contribution in [1.82, 2.24) is 9.80 Å². The van der Waals surface area contributed by atoms with Gasteiger partial charge in [0.1, 0.15) is 5.75 Å². The number of hydrogen-bond donors (Lipinski definition) is 1. The van der Waals surface area contributed by atoms with Crippen LogP contribution in [0.1, 0.15) is 34.6 Å². The van der Waals surface area contributed by atoms with Gasteiger partial charge in [0.2, 0.25) is 0 Å². The molecule has 0 aromatic heterocycles. The molecule has 28 heavy (non-hydrogen) atoms. The van der Waals surface area contributed by atoms with Crippen LogP contribution in [0.3, 0.4) is 0 Å². The number of nitrogens with one attached hydrogen (secondary N) is 1. The van der Waals surface area contributed by atoms with Gasteiger partial charge in [0, 0.05) is 43.0 Å². The van der Waals surface area contributed by atoms with Gasteiger partial charge in [-0.1, -0.05) is 6.92 Å². The molecule has 3 rings (SSSR count). The van der Waals surface area contributed by atoms with Crippen molar-refractivity contribution in [3.63, 3.8) is 0 Å². The molecule has 1 saturated heterocycles. The molecule has 148 valence electrons. The van der Waals surface area contributed by atoms with Crippen LogP contribution in [-0.4, -0.2) is 60.9 Å². The van der Waals surface area contributed by atoms with Gasteiger partial charge in [-0.05, 0) is 62.0 Å². The van der Waals surface area contributed by atoms with Crippen LogP contribution in [0.4, 0.5) is 5.69 Å². The van der Waals surface area contributed by atoms with E-state index in [0.717, 1.165) is 38.5 Å². The summed E-state index contributed by atoms with van der Waals surface area (Å²) in [6.07, 6.45) is 0. The van der Waals surface area contributed by atoms with E-state index in [9.17, 15) is 9.59 Å². The summed E-state index contributed by atoms with van der Waals surface area (Å²) in [6.45, 7) is 8.98. The lowest BCUT2D eigenvalue weighted by molar-refractivity contribution is 0.0643. The summed E-state index contributed by atoms with van der Waals surface area (Å²) >= 11 is 0. The smallest absolute Gasteiger partial charge is 0.255 e. The Morgan fingerprint density at radius 2 is 1.50 bits per heavy atom. The molecule has 0 aliphatic carbocycles. The molecule has 0 atom stereocenters. The normalized spacial score (nSPS) is 14.6. The van der Waals surface area contributed by atoms with Gasteiger partial charge in [-0.25, -0.2) is 0 Å². The second kappa shape index (κ2) is 9.37. The summed E-state index contributed by atoms with van der Waals surface area (Å²) in [5, 5.41) is 2.86. The minimum atomic E-state index is -0.209. The first-order valence-corrected chi connectivity index (χ1v) is 9.76. The zero-order chi connectivity index (χ0) is 19.9. The van der Waals surface area contributed by atoms with Gasteiger partial charge in [-0.2, -0.15) is 0 Å². The quantitative estimate of drug-likeness (QED) is 0.835. The fourth-order valence-electron chi connectivity index (χ4n) is 3.22. The van der Waals surface area contributed by atoms with Gasteiger partial charge in [-0.3, -0.25) is 9.59 Å². The van der Waals surface area contributed by atoms with Gasteiger partial charge in [0.05, 0.1) is 6.61 Å². The third kappa shape index (κ3) is 4.89. The number of benzene rings is 2. The maximum Gasteiger partial charge on any atom is 0.255 e. The highest BCUT2D eigenvalue weighted by molar-refractivity contribution is 6.05. The number of carbonyl (C=O) groups excluding carboxylic acids is 2. The second-order valence-corrected chi connectivity index (χ2v) is 6.72. The highest BCUT2D eigenvalue weighted by atomic mass is 16.5. The Labute approximate surface area is 166 Å². The monoisotopic (exact) mass is 381 g/mol. The van der Waals surface area contributed by atoms with Crippen molar-refractivity contribution in [3.05, 3.63) is 59.7 Å². The average molecular weight is 381 g/mol. The molecule has 2 aromatic rings. The lowest BCUT2D eigenvalue weighted by Gasteiger charge is -2.34. The first-order valence-electron chi connectivity index (χ1n) is 9.76. The van der Waals surface area contributed by atoms with Crippen molar-refractivity contribution >= 4 is 17.5 Å². The lowest BCUT2D eigenvalue weighted by atomic mass is 10.1. The maximum absolute atomic E-state index is 12.6. The Morgan fingerprint density at radius 3 is 2.07 bits per heavy atom. The van der Waals surface area contributed by atoms with E-state index in [1.165, 1.54) is 0 Å². The van der Waals surface area contributed by atoms with Crippen LogP contribution in [0, 0.1) is 0 Å². The molecule has 0 spiro atoms. The van der Waals surface area contributed by atoms with Crippen LogP contribution < -0.4 is 10.1 Å². The van der Waals surface area contributed by atoms with Gasteiger partial charge < -0.3 is 19.9 Å². The minimum Gasteiger partial charge on any atom is -0.494 e. The molecule has 1 N–H and O–H groups in total. The van der Waals surface area contributed by atoms with Crippen molar-refractivity contribution in [1.29, 1.82) is 0 Å².